The van der Waals surface area contributed by atoms with Crippen LogP contribution in [0.15, 0.2) is 0 Å². The lowest BCUT2D eigenvalue weighted by atomic mass is 10.1. The molecule has 1 unspecified atom stereocenters. The third-order valence-electron chi connectivity index (χ3n) is 1.93. The van der Waals surface area contributed by atoms with Crippen molar-refractivity contribution in [3.05, 3.63) is 0 Å². The summed E-state index contributed by atoms with van der Waals surface area (Å²) < 4.78 is 5.02. The van der Waals surface area contributed by atoms with Crippen LogP contribution in [-0.4, -0.2) is 18.6 Å². The lowest BCUT2D eigenvalue weighted by Gasteiger charge is -2.07. The normalized spacial score (nSPS) is 12.9. The quantitative estimate of drug-likeness (QED) is 0.507. The van der Waals surface area contributed by atoms with Gasteiger partial charge in [0.05, 0.1) is 13.0 Å². The first kappa shape index (κ1) is 13.4. The summed E-state index contributed by atoms with van der Waals surface area (Å²) in [4.78, 5) is 11.0. The van der Waals surface area contributed by atoms with Gasteiger partial charge in [-0.3, -0.25) is 4.79 Å². The Kier molecular flexibility index (Phi) is 7.48. The Morgan fingerprint density at radius 3 is 2.43 bits per heavy atom. The molecule has 1 atom stereocenters. The molecule has 0 rings (SSSR count). The smallest absolute Gasteiger partial charge is 0.307 e. The second-order valence-corrected chi connectivity index (χ2v) is 4.29. The highest BCUT2D eigenvalue weighted by Crippen LogP contribution is 2.06. The molecular weight excluding hydrogens is 178 g/mol. The number of carbonyl (C=O) groups excluding carboxylic acids is 1. The van der Waals surface area contributed by atoms with Crippen molar-refractivity contribution < 1.29 is 9.53 Å². The van der Waals surface area contributed by atoms with Gasteiger partial charge in [-0.15, -0.1) is 0 Å². The number of esters is 1. The maximum absolute atomic E-state index is 11.0. The van der Waals surface area contributed by atoms with Gasteiger partial charge in [0.25, 0.3) is 0 Å². The lowest BCUT2D eigenvalue weighted by Crippen LogP contribution is -2.21. The topological polar surface area (TPSA) is 52.3 Å². The second kappa shape index (κ2) is 7.80. The Labute approximate surface area is 87.0 Å². The minimum atomic E-state index is -0.176. The molecule has 14 heavy (non-hydrogen) atoms. The molecule has 0 amide bonds. The average Bonchev–Trinajstić information content (AvgIpc) is 2.01. The Morgan fingerprint density at radius 1 is 1.29 bits per heavy atom. The number of hydrogen-bond acceptors (Lipinski definition) is 3. The van der Waals surface area contributed by atoms with Gasteiger partial charge in [-0.25, -0.2) is 0 Å². The summed E-state index contributed by atoms with van der Waals surface area (Å²) >= 11 is 0. The zero-order valence-corrected chi connectivity index (χ0v) is 9.58. The zero-order chi connectivity index (χ0) is 11.0. The van der Waals surface area contributed by atoms with Crippen molar-refractivity contribution in [1.29, 1.82) is 0 Å². The Hall–Kier alpha value is -0.570. The third kappa shape index (κ3) is 9.52. The Morgan fingerprint density at radius 2 is 1.93 bits per heavy atom. The van der Waals surface area contributed by atoms with E-state index < -0.39 is 0 Å². The SMILES string of the molecule is CC(C)CCCCOC(=O)CC(C)N. The van der Waals surface area contributed by atoms with E-state index in [0.29, 0.717) is 13.0 Å². The van der Waals surface area contributed by atoms with E-state index in [1.54, 1.807) is 6.92 Å². The molecule has 0 aliphatic heterocycles. The first-order valence-corrected chi connectivity index (χ1v) is 5.43. The van der Waals surface area contributed by atoms with Gasteiger partial charge in [0.1, 0.15) is 0 Å². The van der Waals surface area contributed by atoms with Gasteiger partial charge in [0, 0.05) is 6.04 Å². The Balaban J connectivity index is 3.23. The molecule has 3 heteroatoms. The molecule has 0 aromatic heterocycles. The molecule has 0 aromatic carbocycles. The van der Waals surface area contributed by atoms with Crippen LogP contribution in [0.1, 0.15) is 46.5 Å². The standard InChI is InChI=1S/C11H23NO2/c1-9(2)6-4-5-7-14-11(13)8-10(3)12/h9-10H,4-8,12H2,1-3H3. The Bertz CT molecular complexity index is 155. The molecule has 0 saturated carbocycles. The molecule has 0 fully saturated rings. The average molecular weight is 201 g/mol. The van der Waals surface area contributed by atoms with E-state index in [0.717, 1.165) is 18.8 Å². The van der Waals surface area contributed by atoms with Crippen LogP contribution in [0, 0.1) is 5.92 Å². The number of carbonyl (C=O) groups is 1. The minimum Gasteiger partial charge on any atom is -0.466 e. The van der Waals surface area contributed by atoms with E-state index in [-0.39, 0.29) is 12.0 Å². The van der Waals surface area contributed by atoms with Crippen molar-refractivity contribution in [3.63, 3.8) is 0 Å². The number of nitrogens with two attached hydrogens (primary N) is 1. The molecular formula is C11H23NO2. The number of unbranched alkanes of at least 4 members (excludes halogenated alkanes) is 1. The van der Waals surface area contributed by atoms with Crippen molar-refractivity contribution in [2.24, 2.45) is 11.7 Å². The van der Waals surface area contributed by atoms with Gasteiger partial charge in [-0.2, -0.15) is 0 Å². The van der Waals surface area contributed by atoms with Gasteiger partial charge < -0.3 is 10.5 Å². The van der Waals surface area contributed by atoms with Gasteiger partial charge in [0.15, 0.2) is 0 Å². The molecule has 0 aliphatic carbocycles. The van der Waals surface area contributed by atoms with E-state index in [4.69, 9.17) is 10.5 Å². The van der Waals surface area contributed by atoms with Crippen LogP contribution in [-0.2, 0) is 9.53 Å². The van der Waals surface area contributed by atoms with Crippen molar-refractivity contribution in [3.8, 4) is 0 Å². The molecule has 0 aromatic rings. The van der Waals surface area contributed by atoms with Gasteiger partial charge in [-0.05, 0) is 25.7 Å². The summed E-state index contributed by atoms with van der Waals surface area (Å²) in [5.74, 6) is 0.555. The van der Waals surface area contributed by atoms with E-state index in [1.165, 1.54) is 6.42 Å². The first-order valence-electron chi connectivity index (χ1n) is 5.43. The molecule has 0 heterocycles. The van der Waals surface area contributed by atoms with Gasteiger partial charge in [0.2, 0.25) is 0 Å². The van der Waals surface area contributed by atoms with Crippen LogP contribution in [0.5, 0.6) is 0 Å². The molecule has 84 valence electrons. The number of ether oxygens (including phenoxy) is 1. The van der Waals surface area contributed by atoms with Crippen LogP contribution >= 0.6 is 0 Å². The fraction of sp³-hybridized carbons (Fsp3) is 0.909. The van der Waals surface area contributed by atoms with Crippen LogP contribution in [0.25, 0.3) is 0 Å². The van der Waals surface area contributed by atoms with Gasteiger partial charge in [-0.1, -0.05) is 20.3 Å². The second-order valence-electron chi connectivity index (χ2n) is 4.29. The first-order chi connectivity index (χ1) is 6.52. The highest BCUT2D eigenvalue weighted by atomic mass is 16.5. The lowest BCUT2D eigenvalue weighted by molar-refractivity contribution is -0.144. The highest BCUT2D eigenvalue weighted by molar-refractivity contribution is 5.69. The fourth-order valence-electron chi connectivity index (χ4n) is 1.16. The van der Waals surface area contributed by atoms with E-state index in [2.05, 4.69) is 13.8 Å². The van der Waals surface area contributed by atoms with Crippen molar-refractivity contribution in [1.82, 2.24) is 0 Å². The third-order valence-corrected chi connectivity index (χ3v) is 1.93. The van der Waals surface area contributed by atoms with Crippen LogP contribution in [0.2, 0.25) is 0 Å². The summed E-state index contributed by atoms with van der Waals surface area (Å²) in [7, 11) is 0. The predicted molar refractivity (Wildman–Crippen MR) is 57.9 cm³/mol. The van der Waals surface area contributed by atoms with Crippen molar-refractivity contribution >= 4 is 5.97 Å². The summed E-state index contributed by atoms with van der Waals surface area (Å²) in [5.41, 5.74) is 5.46. The number of rotatable bonds is 7. The summed E-state index contributed by atoms with van der Waals surface area (Å²) in [6.07, 6.45) is 3.61. The van der Waals surface area contributed by atoms with E-state index in [1.807, 2.05) is 0 Å². The fourth-order valence-corrected chi connectivity index (χ4v) is 1.16. The van der Waals surface area contributed by atoms with E-state index in [9.17, 15) is 4.79 Å². The van der Waals surface area contributed by atoms with Gasteiger partial charge >= 0.3 is 5.97 Å². The maximum atomic E-state index is 11.0. The van der Waals surface area contributed by atoms with Crippen LogP contribution in [0.4, 0.5) is 0 Å². The zero-order valence-electron chi connectivity index (χ0n) is 9.58. The van der Waals surface area contributed by atoms with Crippen LogP contribution in [0.3, 0.4) is 0 Å². The monoisotopic (exact) mass is 201 g/mol. The molecule has 0 saturated heterocycles. The molecule has 0 aliphatic rings. The van der Waals surface area contributed by atoms with Crippen molar-refractivity contribution in [2.75, 3.05) is 6.61 Å². The molecule has 0 spiro atoms. The minimum absolute atomic E-state index is 0.0989. The van der Waals surface area contributed by atoms with Crippen LogP contribution < -0.4 is 5.73 Å². The highest BCUT2D eigenvalue weighted by Gasteiger charge is 2.05. The van der Waals surface area contributed by atoms with Crippen molar-refractivity contribution in [2.45, 2.75) is 52.5 Å². The molecule has 3 nitrogen and oxygen atoms in total. The summed E-state index contributed by atoms with van der Waals surface area (Å²) in [6, 6.07) is -0.0989. The molecule has 0 radical (unpaired) electrons. The molecule has 0 bridgehead atoms. The summed E-state index contributed by atoms with van der Waals surface area (Å²) in [5, 5.41) is 0. The van der Waals surface area contributed by atoms with E-state index >= 15 is 0 Å². The maximum Gasteiger partial charge on any atom is 0.307 e. The molecule has 2 N–H and O–H groups in total. The predicted octanol–water partition coefficient (Wildman–Crippen LogP) is 2.09. The summed E-state index contributed by atoms with van der Waals surface area (Å²) in [6.45, 7) is 6.74. The largest absolute Gasteiger partial charge is 0.466 e. The number of hydrogen-bond donors (Lipinski definition) is 1.